The van der Waals surface area contributed by atoms with E-state index in [-0.39, 0.29) is 30.0 Å². The lowest BCUT2D eigenvalue weighted by atomic mass is 10.1. The van der Waals surface area contributed by atoms with Crippen LogP contribution in [0.25, 0.3) is 0 Å². The van der Waals surface area contributed by atoms with Gasteiger partial charge in [-0.25, -0.2) is 22.8 Å². The number of urea groups is 1. The molecular weight excluding hydrogens is 412 g/mol. The lowest BCUT2D eigenvalue weighted by Crippen LogP contribution is -2.49. The molecule has 11 heteroatoms. The van der Waals surface area contributed by atoms with Gasteiger partial charge in [0.25, 0.3) is 0 Å². The SMILES string of the molecule is COc1ccc(C(=O)Oc2c(C)c(F)c(F)c(F)c2F)cc1N1CCC(=O)NC1=O. The normalized spacial score (nSPS) is 13.9. The minimum Gasteiger partial charge on any atom is -0.495 e. The van der Waals surface area contributed by atoms with Gasteiger partial charge in [0.05, 0.1) is 18.4 Å². The Morgan fingerprint density at radius 2 is 1.73 bits per heavy atom. The van der Waals surface area contributed by atoms with E-state index in [4.69, 9.17) is 9.47 Å². The fraction of sp³-hybridized carbons (Fsp3) is 0.211. The molecule has 0 saturated carbocycles. The van der Waals surface area contributed by atoms with E-state index in [1.54, 1.807) is 0 Å². The van der Waals surface area contributed by atoms with Crippen LogP contribution in [0, 0.1) is 30.2 Å². The van der Waals surface area contributed by atoms with Crippen LogP contribution in [0.1, 0.15) is 22.3 Å². The molecule has 0 atom stereocenters. The number of nitrogens with one attached hydrogen (secondary N) is 1. The fourth-order valence-corrected chi connectivity index (χ4v) is 2.82. The molecule has 1 aliphatic heterocycles. The second kappa shape index (κ2) is 8.01. The molecule has 2 aromatic rings. The molecule has 0 aliphatic carbocycles. The molecule has 1 N–H and O–H groups in total. The fourth-order valence-electron chi connectivity index (χ4n) is 2.82. The number of imide groups is 1. The van der Waals surface area contributed by atoms with Crippen molar-refractivity contribution in [1.82, 2.24) is 5.32 Å². The first kappa shape index (κ1) is 21.1. The standard InChI is InChI=1S/C19H14F4N2O5/c1-8-13(20)14(21)15(22)16(23)17(8)30-18(27)9-3-4-11(29-2)10(7-9)25-6-5-12(26)24-19(25)28/h3-4,7H,5-6H2,1-2H3,(H,24,26,28). The van der Waals surface area contributed by atoms with Crippen LogP contribution in [0.2, 0.25) is 0 Å². The summed E-state index contributed by atoms with van der Waals surface area (Å²) in [5.74, 6) is -10.3. The number of esters is 1. The molecule has 1 saturated heterocycles. The van der Waals surface area contributed by atoms with Crippen molar-refractivity contribution in [2.45, 2.75) is 13.3 Å². The predicted octanol–water partition coefficient (Wildman–Crippen LogP) is 3.23. The highest BCUT2D eigenvalue weighted by atomic mass is 19.2. The van der Waals surface area contributed by atoms with Crippen molar-refractivity contribution in [3.63, 3.8) is 0 Å². The summed E-state index contributed by atoms with van der Waals surface area (Å²) in [6.07, 6.45) is 0.00209. The Morgan fingerprint density at radius 1 is 1.07 bits per heavy atom. The lowest BCUT2D eigenvalue weighted by Gasteiger charge is -2.28. The zero-order valence-electron chi connectivity index (χ0n) is 15.6. The van der Waals surface area contributed by atoms with E-state index >= 15 is 0 Å². The Hall–Kier alpha value is -3.63. The molecule has 0 bridgehead atoms. The summed E-state index contributed by atoms with van der Waals surface area (Å²) in [5.41, 5.74) is -0.854. The number of benzene rings is 2. The van der Waals surface area contributed by atoms with Crippen LogP contribution in [0.5, 0.6) is 11.5 Å². The zero-order chi connectivity index (χ0) is 22.2. The van der Waals surface area contributed by atoms with E-state index in [1.165, 1.54) is 25.3 Å². The van der Waals surface area contributed by atoms with E-state index < -0.39 is 52.5 Å². The minimum atomic E-state index is -2.12. The van der Waals surface area contributed by atoms with Crippen molar-refractivity contribution in [2.75, 3.05) is 18.6 Å². The summed E-state index contributed by atoms with van der Waals surface area (Å²) in [6.45, 7) is 0.916. The highest BCUT2D eigenvalue weighted by molar-refractivity contribution is 6.07. The van der Waals surface area contributed by atoms with Gasteiger partial charge in [0.2, 0.25) is 17.5 Å². The van der Waals surface area contributed by atoms with Crippen LogP contribution < -0.4 is 19.7 Å². The molecule has 1 fully saturated rings. The van der Waals surface area contributed by atoms with Gasteiger partial charge in [-0.2, -0.15) is 4.39 Å². The summed E-state index contributed by atoms with van der Waals surface area (Å²) in [7, 11) is 1.31. The summed E-state index contributed by atoms with van der Waals surface area (Å²) in [4.78, 5) is 37.0. The molecule has 3 amide bonds. The third-order valence-corrected chi connectivity index (χ3v) is 4.40. The second-order valence-electron chi connectivity index (χ2n) is 6.24. The Labute approximate surface area is 167 Å². The molecule has 30 heavy (non-hydrogen) atoms. The molecule has 1 aliphatic rings. The molecule has 0 aromatic heterocycles. The summed E-state index contributed by atoms with van der Waals surface area (Å²) in [6, 6.07) is 2.94. The topological polar surface area (TPSA) is 84.9 Å². The third-order valence-electron chi connectivity index (χ3n) is 4.40. The number of hydrogen-bond acceptors (Lipinski definition) is 5. The van der Waals surface area contributed by atoms with E-state index in [0.29, 0.717) is 0 Å². The first-order valence-electron chi connectivity index (χ1n) is 8.49. The van der Waals surface area contributed by atoms with Gasteiger partial charge in [-0.3, -0.25) is 15.0 Å². The van der Waals surface area contributed by atoms with E-state index in [0.717, 1.165) is 11.8 Å². The monoisotopic (exact) mass is 426 g/mol. The quantitative estimate of drug-likeness (QED) is 0.267. The van der Waals surface area contributed by atoms with Crippen molar-refractivity contribution >= 4 is 23.6 Å². The van der Waals surface area contributed by atoms with Crippen molar-refractivity contribution in [1.29, 1.82) is 0 Å². The number of methoxy groups -OCH3 is 1. The van der Waals surface area contributed by atoms with E-state index in [9.17, 15) is 31.9 Å². The molecule has 158 valence electrons. The maximum atomic E-state index is 14.0. The predicted molar refractivity (Wildman–Crippen MR) is 94.5 cm³/mol. The van der Waals surface area contributed by atoms with E-state index in [2.05, 4.69) is 5.32 Å². The smallest absolute Gasteiger partial charge is 0.343 e. The van der Waals surface area contributed by atoms with E-state index in [1.807, 2.05) is 0 Å². The zero-order valence-corrected chi connectivity index (χ0v) is 15.6. The minimum absolute atomic E-state index is 0.00164. The van der Waals surface area contributed by atoms with Gasteiger partial charge in [0.1, 0.15) is 5.75 Å². The summed E-state index contributed by atoms with van der Waals surface area (Å²) < 4.78 is 64.4. The molecule has 0 spiro atoms. The lowest BCUT2D eigenvalue weighted by molar-refractivity contribution is -0.120. The third kappa shape index (κ3) is 3.65. The number of amides is 3. The van der Waals surface area contributed by atoms with Crippen LogP contribution in [-0.4, -0.2) is 31.6 Å². The Morgan fingerprint density at radius 3 is 2.37 bits per heavy atom. The van der Waals surface area contributed by atoms with Crippen LogP contribution in [-0.2, 0) is 4.79 Å². The number of halogens is 4. The summed E-state index contributed by atoms with van der Waals surface area (Å²) in [5, 5.41) is 2.11. The molecule has 7 nitrogen and oxygen atoms in total. The van der Waals surface area contributed by atoms with Gasteiger partial charge in [0.15, 0.2) is 17.4 Å². The highest BCUT2D eigenvalue weighted by Gasteiger charge is 2.29. The molecule has 1 heterocycles. The van der Waals surface area contributed by atoms with Crippen LogP contribution in [0.4, 0.5) is 28.0 Å². The van der Waals surface area contributed by atoms with Crippen molar-refractivity contribution < 1.29 is 41.4 Å². The second-order valence-corrected chi connectivity index (χ2v) is 6.24. The number of anilines is 1. The number of hydrogen-bond donors (Lipinski definition) is 1. The molecule has 0 radical (unpaired) electrons. The highest BCUT2D eigenvalue weighted by Crippen LogP contribution is 2.33. The largest absolute Gasteiger partial charge is 0.495 e. The van der Waals surface area contributed by atoms with Gasteiger partial charge in [-0.1, -0.05) is 0 Å². The number of rotatable bonds is 4. The number of nitrogens with zero attached hydrogens (tertiary/aromatic N) is 1. The van der Waals surface area contributed by atoms with Gasteiger partial charge in [-0.05, 0) is 25.1 Å². The first-order chi connectivity index (χ1) is 14.1. The molecule has 3 rings (SSSR count). The first-order valence-corrected chi connectivity index (χ1v) is 8.49. The Bertz CT molecular complexity index is 1040. The van der Waals surface area contributed by atoms with Gasteiger partial charge < -0.3 is 9.47 Å². The van der Waals surface area contributed by atoms with Crippen LogP contribution in [0.15, 0.2) is 18.2 Å². The maximum absolute atomic E-state index is 14.0. The van der Waals surface area contributed by atoms with Crippen LogP contribution in [0.3, 0.4) is 0 Å². The summed E-state index contributed by atoms with van der Waals surface area (Å²) >= 11 is 0. The molecule has 2 aromatic carbocycles. The van der Waals surface area contributed by atoms with Crippen molar-refractivity contribution in [3.05, 3.63) is 52.6 Å². The molecule has 0 unspecified atom stereocenters. The average Bonchev–Trinajstić information content (AvgIpc) is 2.73. The number of carbonyl (C=O) groups excluding carboxylic acids is 3. The number of carbonyl (C=O) groups is 3. The van der Waals surface area contributed by atoms with Gasteiger partial charge >= 0.3 is 12.0 Å². The van der Waals surface area contributed by atoms with Crippen molar-refractivity contribution in [3.8, 4) is 11.5 Å². The average molecular weight is 426 g/mol. The maximum Gasteiger partial charge on any atom is 0.343 e. The molecular formula is C19H14F4N2O5. The van der Waals surface area contributed by atoms with Gasteiger partial charge in [-0.15, -0.1) is 0 Å². The van der Waals surface area contributed by atoms with Gasteiger partial charge in [0, 0.05) is 18.5 Å². The Balaban J connectivity index is 1.97. The van der Waals surface area contributed by atoms with Crippen LogP contribution >= 0.6 is 0 Å². The Kier molecular flexibility index (Phi) is 5.63. The number of ether oxygens (including phenoxy) is 2. The van der Waals surface area contributed by atoms with Crippen molar-refractivity contribution in [2.24, 2.45) is 0 Å².